The van der Waals surface area contributed by atoms with Crippen molar-refractivity contribution in [2.45, 2.75) is 13.0 Å². The van der Waals surface area contributed by atoms with Crippen molar-refractivity contribution < 1.29 is 4.74 Å². The second-order valence-corrected chi connectivity index (χ2v) is 5.61. The zero-order chi connectivity index (χ0) is 15.5. The molecule has 0 bridgehead atoms. The van der Waals surface area contributed by atoms with Crippen molar-refractivity contribution in [2.24, 2.45) is 0 Å². The lowest BCUT2D eigenvalue weighted by Gasteiger charge is -2.10. The van der Waals surface area contributed by atoms with Crippen LogP contribution in [0.2, 0.25) is 0 Å². The van der Waals surface area contributed by atoms with Gasteiger partial charge in [-0.2, -0.15) is 0 Å². The molecule has 0 amide bonds. The topological polar surface area (TPSA) is 27.1 Å². The fourth-order valence-electron chi connectivity index (χ4n) is 2.93. The molecule has 0 saturated carbocycles. The molecule has 3 heteroatoms. The third kappa shape index (κ3) is 2.78. The Morgan fingerprint density at radius 2 is 1.70 bits per heavy atom. The average molecular weight is 302 g/mol. The van der Waals surface area contributed by atoms with E-state index in [1.807, 2.05) is 42.7 Å². The van der Waals surface area contributed by atoms with Crippen LogP contribution in [0.3, 0.4) is 0 Å². The molecule has 0 saturated heterocycles. The van der Waals surface area contributed by atoms with E-state index < -0.39 is 0 Å². The van der Waals surface area contributed by atoms with Crippen LogP contribution in [0.5, 0.6) is 5.75 Å². The van der Waals surface area contributed by atoms with Crippen LogP contribution in [0.15, 0.2) is 73.1 Å². The Morgan fingerprint density at radius 3 is 2.70 bits per heavy atom. The zero-order valence-corrected chi connectivity index (χ0v) is 12.9. The molecule has 0 atom stereocenters. The van der Waals surface area contributed by atoms with Gasteiger partial charge in [-0.15, -0.1) is 0 Å². The number of rotatable bonds is 5. The molecule has 0 fully saturated rings. The molecule has 1 heterocycles. The summed E-state index contributed by atoms with van der Waals surface area (Å²) in [6, 6.07) is 22.7. The zero-order valence-electron chi connectivity index (χ0n) is 12.9. The first-order valence-corrected chi connectivity index (χ1v) is 7.92. The quantitative estimate of drug-likeness (QED) is 0.501. The van der Waals surface area contributed by atoms with Crippen molar-refractivity contribution in [1.29, 1.82) is 0 Å². The molecule has 4 rings (SSSR count). The maximum absolute atomic E-state index is 6.00. The van der Waals surface area contributed by atoms with Gasteiger partial charge >= 0.3 is 0 Å². The maximum Gasteiger partial charge on any atom is 0.127 e. The second-order valence-electron chi connectivity index (χ2n) is 5.61. The predicted octanol–water partition coefficient (Wildman–Crippen LogP) is 4.66. The van der Waals surface area contributed by atoms with Gasteiger partial charge < -0.3 is 9.30 Å². The smallest absolute Gasteiger partial charge is 0.127 e. The van der Waals surface area contributed by atoms with Crippen LogP contribution in [0.1, 0.15) is 6.42 Å². The first-order valence-electron chi connectivity index (χ1n) is 7.92. The number of hydrogen-bond donors (Lipinski definition) is 0. The third-order valence-corrected chi connectivity index (χ3v) is 4.08. The molecule has 0 spiro atoms. The minimum absolute atomic E-state index is 0.695. The van der Waals surface area contributed by atoms with E-state index in [9.17, 15) is 0 Å². The van der Waals surface area contributed by atoms with Crippen molar-refractivity contribution in [3.05, 3.63) is 73.1 Å². The SMILES string of the molecule is c1ccc2c(OCCCn3cnc4ccccc43)cccc2c1. The molecule has 0 aliphatic heterocycles. The first-order chi connectivity index (χ1) is 11.4. The fourth-order valence-corrected chi connectivity index (χ4v) is 2.93. The van der Waals surface area contributed by atoms with E-state index in [2.05, 4.69) is 39.9 Å². The van der Waals surface area contributed by atoms with Gasteiger partial charge in [0.1, 0.15) is 5.75 Å². The number of fused-ring (bicyclic) bond motifs is 2. The molecule has 0 radical (unpaired) electrons. The number of para-hydroxylation sites is 2. The summed E-state index contributed by atoms with van der Waals surface area (Å²) < 4.78 is 8.18. The predicted molar refractivity (Wildman–Crippen MR) is 93.8 cm³/mol. The van der Waals surface area contributed by atoms with E-state index in [0.29, 0.717) is 6.61 Å². The molecule has 3 aromatic carbocycles. The maximum atomic E-state index is 6.00. The molecule has 23 heavy (non-hydrogen) atoms. The highest BCUT2D eigenvalue weighted by molar-refractivity contribution is 5.88. The van der Waals surface area contributed by atoms with Crippen LogP contribution in [0.4, 0.5) is 0 Å². The van der Waals surface area contributed by atoms with Crippen molar-refractivity contribution in [1.82, 2.24) is 9.55 Å². The largest absolute Gasteiger partial charge is 0.493 e. The normalized spacial score (nSPS) is 11.1. The average Bonchev–Trinajstić information content (AvgIpc) is 3.02. The number of hydrogen-bond acceptors (Lipinski definition) is 2. The van der Waals surface area contributed by atoms with Crippen LogP contribution in [-0.4, -0.2) is 16.2 Å². The summed E-state index contributed by atoms with van der Waals surface area (Å²) >= 11 is 0. The van der Waals surface area contributed by atoms with Gasteiger partial charge in [0.05, 0.1) is 24.0 Å². The number of nitrogens with zero attached hydrogens (tertiary/aromatic N) is 2. The van der Waals surface area contributed by atoms with Gasteiger partial charge in [0.25, 0.3) is 0 Å². The Kier molecular flexibility index (Phi) is 3.68. The van der Waals surface area contributed by atoms with Crippen LogP contribution >= 0.6 is 0 Å². The van der Waals surface area contributed by atoms with Crippen molar-refractivity contribution in [3.8, 4) is 5.75 Å². The summed E-state index contributed by atoms with van der Waals surface area (Å²) in [6.45, 7) is 1.60. The van der Waals surface area contributed by atoms with Gasteiger partial charge in [-0.1, -0.05) is 48.5 Å². The van der Waals surface area contributed by atoms with Gasteiger partial charge in [0.2, 0.25) is 0 Å². The van der Waals surface area contributed by atoms with Gasteiger partial charge in [-0.3, -0.25) is 0 Å². The van der Waals surface area contributed by atoms with E-state index in [4.69, 9.17) is 4.74 Å². The van der Waals surface area contributed by atoms with Gasteiger partial charge in [-0.05, 0) is 30.0 Å². The second kappa shape index (κ2) is 6.13. The summed E-state index contributed by atoms with van der Waals surface area (Å²) in [5.41, 5.74) is 2.22. The van der Waals surface area contributed by atoms with Crippen LogP contribution < -0.4 is 4.74 Å². The van der Waals surface area contributed by atoms with Crippen molar-refractivity contribution in [3.63, 3.8) is 0 Å². The summed E-state index contributed by atoms with van der Waals surface area (Å²) in [6.07, 6.45) is 2.85. The van der Waals surface area contributed by atoms with Crippen LogP contribution in [0, 0.1) is 0 Å². The van der Waals surface area contributed by atoms with E-state index in [1.54, 1.807) is 0 Å². The van der Waals surface area contributed by atoms with Gasteiger partial charge in [-0.25, -0.2) is 4.98 Å². The van der Waals surface area contributed by atoms with E-state index in [0.717, 1.165) is 24.2 Å². The number of aryl methyl sites for hydroxylation is 1. The highest BCUT2D eigenvalue weighted by Crippen LogP contribution is 2.25. The molecule has 0 N–H and O–H groups in total. The minimum atomic E-state index is 0.695. The molecule has 4 aromatic rings. The first kappa shape index (κ1) is 13.8. The highest BCUT2D eigenvalue weighted by atomic mass is 16.5. The highest BCUT2D eigenvalue weighted by Gasteiger charge is 2.03. The summed E-state index contributed by atoms with van der Waals surface area (Å²) in [4.78, 5) is 4.42. The molecule has 0 unspecified atom stereocenters. The van der Waals surface area contributed by atoms with E-state index >= 15 is 0 Å². The number of aromatic nitrogens is 2. The lowest BCUT2D eigenvalue weighted by Crippen LogP contribution is -2.04. The Bertz CT molecular complexity index is 937. The third-order valence-electron chi connectivity index (χ3n) is 4.08. The number of imidazole rings is 1. The summed E-state index contributed by atoms with van der Waals surface area (Å²) in [5.74, 6) is 0.957. The van der Waals surface area contributed by atoms with Crippen LogP contribution in [-0.2, 0) is 6.54 Å². The standard InChI is InChI=1S/C20H18N2O/c1-2-9-17-16(7-1)8-5-12-20(17)23-14-6-13-22-15-21-18-10-3-4-11-19(18)22/h1-5,7-12,15H,6,13-14H2. The molecular formula is C20H18N2O. The fraction of sp³-hybridized carbons (Fsp3) is 0.150. The van der Waals surface area contributed by atoms with Crippen molar-refractivity contribution in [2.75, 3.05) is 6.61 Å². The Labute approximate surface area is 135 Å². The summed E-state index contributed by atoms with van der Waals surface area (Å²) in [5, 5.41) is 2.38. The Morgan fingerprint density at radius 1 is 0.870 bits per heavy atom. The molecular weight excluding hydrogens is 284 g/mol. The molecule has 0 aliphatic rings. The lowest BCUT2D eigenvalue weighted by atomic mass is 10.1. The Hall–Kier alpha value is -2.81. The van der Waals surface area contributed by atoms with E-state index in [-0.39, 0.29) is 0 Å². The molecule has 1 aromatic heterocycles. The minimum Gasteiger partial charge on any atom is -0.493 e. The van der Waals surface area contributed by atoms with Gasteiger partial charge in [0.15, 0.2) is 0 Å². The van der Waals surface area contributed by atoms with Crippen molar-refractivity contribution >= 4 is 21.8 Å². The summed E-state index contributed by atoms with van der Waals surface area (Å²) in [7, 11) is 0. The molecule has 0 aliphatic carbocycles. The van der Waals surface area contributed by atoms with Crippen LogP contribution in [0.25, 0.3) is 21.8 Å². The molecule has 114 valence electrons. The number of ether oxygens (including phenoxy) is 1. The molecule has 3 nitrogen and oxygen atoms in total. The number of benzene rings is 3. The Balaban J connectivity index is 1.42. The van der Waals surface area contributed by atoms with E-state index in [1.165, 1.54) is 16.3 Å². The lowest BCUT2D eigenvalue weighted by molar-refractivity contribution is 0.306. The monoisotopic (exact) mass is 302 g/mol. The van der Waals surface area contributed by atoms with Gasteiger partial charge in [0, 0.05) is 11.9 Å².